The van der Waals surface area contributed by atoms with Crippen molar-refractivity contribution in [3.05, 3.63) is 46.0 Å². The number of nitro benzene ring substituents is 1. The lowest BCUT2D eigenvalue weighted by Gasteiger charge is -2.29. The first-order valence-electron chi connectivity index (χ1n) is 8.03. The van der Waals surface area contributed by atoms with Crippen LogP contribution in [0.2, 0.25) is 0 Å². The van der Waals surface area contributed by atoms with E-state index < -0.39 is 4.92 Å². The Kier molecular flexibility index (Phi) is 7.75. The fourth-order valence-electron chi connectivity index (χ4n) is 2.32. The van der Waals surface area contributed by atoms with Crippen LogP contribution < -0.4 is 4.74 Å². The molecule has 0 bridgehead atoms. The Labute approximate surface area is 138 Å². The first-order valence-corrected chi connectivity index (χ1v) is 8.03. The van der Waals surface area contributed by atoms with E-state index in [0.29, 0.717) is 19.0 Å². The molecule has 1 unspecified atom stereocenters. The quantitative estimate of drug-likeness (QED) is 0.349. The van der Waals surface area contributed by atoms with Crippen molar-refractivity contribution in [1.82, 2.24) is 0 Å². The Morgan fingerprint density at radius 2 is 2.00 bits per heavy atom. The molecule has 1 aromatic carbocycles. The van der Waals surface area contributed by atoms with Crippen molar-refractivity contribution in [2.75, 3.05) is 13.2 Å². The maximum atomic E-state index is 10.7. The summed E-state index contributed by atoms with van der Waals surface area (Å²) in [7, 11) is 0. The lowest BCUT2D eigenvalue weighted by molar-refractivity contribution is -0.384. The molecule has 5 nitrogen and oxygen atoms in total. The molecule has 0 saturated carbocycles. The van der Waals surface area contributed by atoms with Gasteiger partial charge < -0.3 is 9.47 Å². The third-order valence-electron chi connectivity index (χ3n) is 3.85. The van der Waals surface area contributed by atoms with E-state index in [1.165, 1.54) is 17.7 Å². The van der Waals surface area contributed by atoms with E-state index in [4.69, 9.17) is 9.47 Å². The summed E-state index contributed by atoms with van der Waals surface area (Å²) >= 11 is 0. The maximum Gasteiger partial charge on any atom is 0.269 e. The fraction of sp³-hybridized carbons (Fsp3) is 0.556. The summed E-state index contributed by atoms with van der Waals surface area (Å²) in [6.45, 7) is 9.25. The summed E-state index contributed by atoms with van der Waals surface area (Å²) in [5.74, 6) is 0.617. The third-order valence-corrected chi connectivity index (χ3v) is 3.85. The van der Waals surface area contributed by atoms with Crippen LogP contribution in [0.4, 0.5) is 5.69 Å². The number of hydrogen-bond acceptors (Lipinski definition) is 4. The van der Waals surface area contributed by atoms with Crippen LogP contribution in [0, 0.1) is 10.1 Å². The van der Waals surface area contributed by atoms with Crippen LogP contribution in [0.3, 0.4) is 0 Å². The number of nitrogens with zero attached hydrogens (tertiary/aromatic N) is 1. The van der Waals surface area contributed by atoms with E-state index in [9.17, 15) is 10.1 Å². The standard InChI is InChI=1S/C18H27NO4/c1-5-15(3)8-7-13-18(4,23-6-2)14-22-17-11-9-16(10-12-17)19(20)21/h5,9-12H,6-8,13-14H2,1-4H3. The van der Waals surface area contributed by atoms with Crippen molar-refractivity contribution in [2.45, 2.75) is 52.6 Å². The van der Waals surface area contributed by atoms with Gasteiger partial charge in [0.15, 0.2) is 0 Å². The molecule has 23 heavy (non-hydrogen) atoms. The summed E-state index contributed by atoms with van der Waals surface area (Å²) in [5.41, 5.74) is 1.08. The van der Waals surface area contributed by atoms with Gasteiger partial charge in [0, 0.05) is 18.7 Å². The van der Waals surface area contributed by atoms with Crippen LogP contribution in [0.5, 0.6) is 5.75 Å². The molecule has 0 amide bonds. The number of nitro groups is 1. The van der Waals surface area contributed by atoms with E-state index >= 15 is 0 Å². The summed E-state index contributed by atoms with van der Waals surface area (Å²) in [6.07, 6.45) is 5.12. The molecule has 0 aromatic heterocycles. The van der Waals surface area contributed by atoms with Gasteiger partial charge in [0.2, 0.25) is 0 Å². The second-order valence-electron chi connectivity index (χ2n) is 5.91. The number of allylic oxidation sites excluding steroid dienone is 2. The zero-order valence-electron chi connectivity index (χ0n) is 14.5. The first-order chi connectivity index (χ1) is 10.9. The predicted molar refractivity (Wildman–Crippen MR) is 91.9 cm³/mol. The fourth-order valence-corrected chi connectivity index (χ4v) is 2.32. The predicted octanol–water partition coefficient (Wildman–Crippen LogP) is 4.91. The Bertz CT molecular complexity index is 524. The van der Waals surface area contributed by atoms with Gasteiger partial charge in [-0.2, -0.15) is 0 Å². The number of non-ortho nitro benzene ring substituents is 1. The highest BCUT2D eigenvalue weighted by Crippen LogP contribution is 2.24. The number of hydrogen-bond donors (Lipinski definition) is 0. The minimum Gasteiger partial charge on any atom is -0.491 e. The molecule has 0 aliphatic rings. The highest BCUT2D eigenvalue weighted by molar-refractivity contribution is 5.36. The average molecular weight is 321 g/mol. The van der Waals surface area contributed by atoms with Gasteiger partial charge in [-0.15, -0.1) is 0 Å². The smallest absolute Gasteiger partial charge is 0.269 e. The second-order valence-corrected chi connectivity index (χ2v) is 5.91. The molecule has 128 valence electrons. The number of rotatable bonds is 10. The molecule has 5 heteroatoms. The largest absolute Gasteiger partial charge is 0.491 e. The van der Waals surface area contributed by atoms with Gasteiger partial charge >= 0.3 is 0 Å². The summed E-state index contributed by atoms with van der Waals surface area (Å²) in [4.78, 5) is 10.2. The zero-order valence-corrected chi connectivity index (χ0v) is 14.5. The molecule has 1 atom stereocenters. The number of benzene rings is 1. The lowest BCUT2D eigenvalue weighted by Crippen LogP contribution is -2.36. The first kappa shape index (κ1) is 19.2. The van der Waals surface area contributed by atoms with Gasteiger partial charge in [-0.3, -0.25) is 10.1 Å². The van der Waals surface area contributed by atoms with Crippen LogP contribution in [-0.2, 0) is 4.74 Å². The van der Waals surface area contributed by atoms with Crippen molar-refractivity contribution in [3.8, 4) is 5.75 Å². The monoisotopic (exact) mass is 321 g/mol. The Hall–Kier alpha value is -1.88. The maximum absolute atomic E-state index is 10.7. The van der Waals surface area contributed by atoms with Crippen molar-refractivity contribution >= 4 is 5.69 Å². The molecule has 1 aromatic rings. The minimum absolute atomic E-state index is 0.0618. The van der Waals surface area contributed by atoms with Gasteiger partial charge in [-0.05, 0) is 59.1 Å². The van der Waals surface area contributed by atoms with Crippen LogP contribution in [0.15, 0.2) is 35.9 Å². The highest BCUT2D eigenvalue weighted by Gasteiger charge is 2.25. The molecular weight excluding hydrogens is 294 g/mol. The Balaban J connectivity index is 2.58. The van der Waals surface area contributed by atoms with Crippen LogP contribution in [0.25, 0.3) is 0 Å². The summed E-state index contributed by atoms with van der Waals surface area (Å²) in [5, 5.41) is 10.7. The van der Waals surface area contributed by atoms with Crippen molar-refractivity contribution in [2.24, 2.45) is 0 Å². The number of ether oxygens (including phenoxy) is 2. The van der Waals surface area contributed by atoms with Gasteiger partial charge in [0.1, 0.15) is 12.4 Å². The van der Waals surface area contributed by atoms with Gasteiger partial charge in [-0.25, -0.2) is 0 Å². The molecule has 0 saturated heterocycles. The minimum atomic E-state index is -0.419. The van der Waals surface area contributed by atoms with E-state index in [-0.39, 0.29) is 11.3 Å². The molecule has 0 radical (unpaired) electrons. The Morgan fingerprint density at radius 1 is 1.35 bits per heavy atom. The Morgan fingerprint density at radius 3 is 2.52 bits per heavy atom. The van der Waals surface area contributed by atoms with Crippen LogP contribution >= 0.6 is 0 Å². The lowest BCUT2D eigenvalue weighted by atomic mass is 9.97. The molecule has 0 aliphatic carbocycles. The highest BCUT2D eigenvalue weighted by atomic mass is 16.6. The van der Waals surface area contributed by atoms with Gasteiger partial charge in [-0.1, -0.05) is 11.6 Å². The molecule has 0 N–H and O–H groups in total. The second kappa shape index (κ2) is 9.30. The molecule has 0 fully saturated rings. The van der Waals surface area contributed by atoms with Crippen molar-refractivity contribution in [3.63, 3.8) is 0 Å². The normalized spacial score (nSPS) is 14.3. The summed E-state index contributed by atoms with van der Waals surface area (Å²) in [6, 6.07) is 6.13. The SMILES string of the molecule is CC=C(C)CCCC(C)(COc1ccc([N+](=O)[O-])cc1)OCC. The molecule has 0 spiro atoms. The van der Waals surface area contributed by atoms with Crippen molar-refractivity contribution in [1.29, 1.82) is 0 Å². The molecule has 0 aliphatic heterocycles. The van der Waals surface area contributed by atoms with Gasteiger partial charge in [0.25, 0.3) is 5.69 Å². The van der Waals surface area contributed by atoms with Crippen LogP contribution in [-0.4, -0.2) is 23.7 Å². The molecule has 0 heterocycles. The molecular formula is C18H27NO4. The van der Waals surface area contributed by atoms with E-state index in [1.807, 2.05) is 13.8 Å². The van der Waals surface area contributed by atoms with Gasteiger partial charge in [0.05, 0.1) is 10.5 Å². The zero-order chi connectivity index (χ0) is 17.3. The third kappa shape index (κ3) is 6.82. The van der Waals surface area contributed by atoms with Crippen molar-refractivity contribution < 1.29 is 14.4 Å². The molecule has 1 rings (SSSR count). The average Bonchev–Trinajstić information content (AvgIpc) is 2.53. The van der Waals surface area contributed by atoms with E-state index in [2.05, 4.69) is 19.9 Å². The summed E-state index contributed by atoms with van der Waals surface area (Å²) < 4.78 is 11.7. The topological polar surface area (TPSA) is 61.6 Å². The van der Waals surface area contributed by atoms with Crippen LogP contribution in [0.1, 0.15) is 47.0 Å². The van der Waals surface area contributed by atoms with E-state index in [1.54, 1.807) is 12.1 Å². The van der Waals surface area contributed by atoms with E-state index in [0.717, 1.165) is 19.3 Å².